The molecule has 12 nitrogen and oxygen atoms in total. The second-order valence-electron chi connectivity index (χ2n) is 8.89. The molecule has 7 N–H and O–H groups in total. The van der Waals surface area contributed by atoms with Crippen LogP contribution >= 0.6 is 15.9 Å². The number of hydrogen-bond donors (Lipinski definition) is 7. The van der Waals surface area contributed by atoms with Gasteiger partial charge in [0.15, 0.2) is 0 Å². The maximum atomic E-state index is 11.4. The Morgan fingerprint density at radius 2 is 0.872 bits per heavy atom. The van der Waals surface area contributed by atoms with Crippen molar-refractivity contribution in [1.82, 2.24) is 42.1 Å². The predicted octanol–water partition coefficient (Wildman–Crippen LogP) is -1.28. The van der Waals surface area contributed by atoms with E-state index in [1.807, 2.05) is 6.92 Å². The highest BCUT2D eigenvalue weighted by atomic mass is 79.9. The summed E-state index contributed by atoms with van der Waals surface area (Å²) in [7, 11) is 0. The Morgan fingerprint density at radius 3 is 1.18 bits per heavy atom. The second kappa shape index (κ2) is 31.6. The first-order chi connectivity index (χ1) is 19.1. The fourth-order valence-electron chi connectivity index (χ4n) is 3.54. The minimum absolute atomic E-state index is 0.0984. The Balaban J connectivity index is 0.000000616. The van der Waals surface area contributed by atoms with Gasteiger partial charge in [0.05, 0.1) is 26.1 Å². The minimum atomic E-state index is -0.135. The number of carbonyl (C=O) groups excluding carboxylic acids is 2. The molecule has 0 atom stereocenters. The van der Waals surface area contributed by atoms with E-state index >= 15 is 0 Å². The van der Waals surface area contributed by atoms with Gasteiger partial charge in [0, 0.05) is 117 Å². The van der Waals surface area contributed by atoms with E-state index in [-0.39, 0.29) is 11.9 Å². The van der Waals surface area contributed by atoms with Crippen molar-refractivity contribution in [2.75, 3.05) is 130 Å². The molecule has 0 aromatic rings. The molecular formula is C26H57BrN8O4. The van der Waals surface area contributed by atoms with Crippen LogP contribution in [0.3, 0.4) is 0 Å². The number of nitrogens with one attached hydrogen (secondary N) is 7. The molecule has 2 aliphatic rings. The third-order valence-electron chi connectivity index (χ3n) is 5.62. The van der Waals surface area contributed by atoms with Gasteiger partial charge in [0.2, 0.25) is 0 Å². The molecular weight excluding hydrogens is 568 g/mol. The van der Waals surface area contributed by atoms with Gasteiger partial charge in [0.25, 0.3) is 0 Å². The summed E-state index contributed by atoms with van der Waals surface area (Å²) in [6, 6.07) is 0. The molecule has 0 radical (unpaired) electrons. The summed E-state index contributed by atoms with van der Waals surface area (Å²) in [4.78, 5) is 24.1. The van der Waals surface area contributed by atoms with Gasteiger partial charge in [-0.2, -0.15) is 0 Å². The lowest BCUT2D eigenvalue weighted by Gasteiger charge is -2.23. The molecule has 2 fully saturated rings. The van der Waals surface area contributed by atoms with Gasteiger partial charge >= 0.3 is 11.9 Å². The zero-order valence-corrected chi connectivity index (χ0v) is 26.1. The third kappa shape index (κ3) is 29.9. The van der Waals surface area contributed by atoms with Crippen LogP contribution < -0.4 is 37.2 Å². The van der Waals surface area contributed by atoms with Crippen LogP contribution in [0, 0.1) is 0 Å². The molecule has 2 rings (SSSR count). The molecule has 232 valence electrons. The average Bonchev–Trinajstić information content (AvgIpc) is 2.90. The molecule has 0 aromatic carbocycles. The summed E-state index contributed by atoms with van der Waals surface area (Å²) < 4.78 is 9.58. The van der Waals surface area contributed by atoms with Crippen molar-refractivity contribution in [3.8, 4) is 0 Å². The van der Waals surface area contributed by atoms with E-state index in [2.05, 4.69) is 62.8 Å². The van der Waals surface area contributed by atoms with Gasteiger partial charge in [-0.3, -0.25) is 9.59 Å². The summed E-state index contributed by atoms with van der Waals surface area (Å²) in [5, 5.41) is 24.3. The molecule has 0 aliphatic carbocycles. The maximum Gasteiger partial charge on any atom is 0.307 e. The highest BCUT2D eigenvalue weighted by molar-refractivity contribution is 9.09. The Hall–Kier alpha value is -0.900. The summed E-state index contributed by atoms with van der Waals surface area (Å²) in [5.41, 5.74) is 0. The number of esters is 2. The van der Waals surface area contributed by atoms with Crippen molar-refractivity contribution in [3.05, 3.63) is 0 Å². The lowest BCUT2D eigenvalue weighted by molar-refractivity contribution is -0.144. The number of halogens is 1. The zero-order chi connectivity index (χ0) is 28.7. The molecule has 2 saturated heterocycles. The summed E-state index contributed by atoms with van der Waals surface area (Å²) in [5.74, 6) is -0.233. The Bertz CT molecular complexity index is 489. The first-order valence-electron chi connectivity index (χ1n) is 14.7. The van der Waals surface area contributed by atoms with Crippen LogP contribution in [-0.2, 0) is 19.1 Å². The third-order valence-corrected chi connectivity index (χ3v) is 6.02. The first kappa shape index (κ1) is 38.1. The van der Waals surface area contributed by atoms with Crippen molar-refractivity contribution in [1.29, 1.82) is 0 Å². The number of hydrogen-bond acceptors (Lipinski definition) is 12. The van der Waals surface area contributed by atoms with Crippen molar-refractivity contribution in [3.63, 3.8) is 0 Å². The lowest BCUT2D eigenvalue weighted by Crippen LogP contribution is -2.42. The predicted molar refractivity (Wildman–Crippen MR) is 163 cm³/mol. The number of rotatable bonds is 7. The van der Waals surface area contributed by atoms with E-state index in [9.17, 15) is 9.59 Å². The number of nitrogens with zero attached hydrogens (tertiary/aromatic N) is 1. The van der Waals surface area contributed by atoms with Gasteiger partial charge < -0.3 is 51.6 Å². The molecule has 0 bridgehead atoms. The highest BCUT2D eigenvalue weighted by Gasteiger charge is 2.09. The molecule has 2 aliphatic heterocycles. The molecule has 0 saturated carbocycles. The molecule has 0 unspecified atom stereocenters. The molecule has 2 heterocycles. The monoisotopic (exact) mass is 624 g/mol. The molecule has 0 spiro atoms. The normalized spacial score (nSPS) is 19.1. The first-order valence-corrected chi connectivity index (χ1v) is 15.8. The van der Waals surface area contributed by atoms with Crippen LogP contribution in [0.15, 0.2) is 0 Å². The van der Waals surface area contributed by atoms with Crippen LogP contribution in [0.5, 0.6) is 0 Å². The van der Waals surface area contributed by atoms with Crippen molar-refractivity contribution < 1.29 is 19.1 Å². The lowest BCUT2D eigenvalue weighted by atomic mass is 10.3. The van der Waals surface area contributed by atoms with Gasteiger partial charge in [-0.1, -0.05) is 15.9 Å². The smallest absolute Gasteiger partial charge is 0.307 e. The standard InChI is InChI=1S/C13H28N4O2.C8H20N4.C5H9BrO2/c1-2-19-13(18)3-10-17-11-8-15-6-4-14-5-7-16-9-12-17;1-2-10-5-6-12-8-7-11-4-3-9-1;1-2-8-5(7)3-4-6/h14-16H,2-12H2,1H3;9-12H,1-8H2;2-4H2,1H3. The van der Waals surface area contributed by atoms with Crippen LogP contribution in [-0.4, -0.2) is 147 Å². The summed E-state index contributed by atoms with van der Waals surface area (Å²) in [6.07, 6.45) is 0.948. The largest absolute Gasteiger partial charge is 0.466 e. The van der Waals surface area contributed by atoms with Crippen molar-refractivity contribution in [2.45, 2.75) is 26.7 Å². The van der Waals surface area contributed by atoms with Gasteiger partial charge in [-0.15, -0.1) is 0 Å². The quantitative estimate of drug-likeness (QED) is 0.134. The molecule has 0 aromatic heterocycles. The highest BCUT2D eigenvalue weighted by Crippen LogP contribution is 1.94. The van der Waals surface area contributed by atoms with Gasteiger partial charge in [0.1, 0.15) is 0 Å². The summed E-state index contributed by atoms with van der Waals surface area (Å²) >= 11 is 3.12. The zero-order valence-electron chi connectivity index (χ0n) is 24.5. The minimum Gasteiger partial charge on any atom is -0.466 e. The maximum absolute atomic E-state index is 11.4. The van der Waals surface area contributed by atoms with Gasteiger partial charge in [-0.25, -0.2) is 0 Å². The van der Waals surface area contributed by atoms with E-state index in [1.165, 1.54) is 0 Å². The van der Waals surface area contributed by atoms with Crippen molar-refractivity contribution >= 4 is 27.9 Å². The van der Waals surface area contributed by atoms with E-state index in [0.717, 1.165) is 111 Å². The van der Waals surface area contributed by atoms with Crippen LogP contribution in [0.2, 0.25) is 0 Å². The fourth-order valence-corrected chi connectivity index (χ4v) is 3.86. The van der Waals surface area contributed by atoms with E-state index in [1.54, 1.807) is 6.92 Å². The molecule has 39 heavy (non-hydrogen) atoms. The molecule has 13 heteroatoms. The number of alkyl halides is 1. The van der Waals surface area contributed by atoms with Crippen molar-refractivity contribution in [2.24, 2.45) is 0 Å². The Labute approximate surface area is 245 Å². The number of ether oxygens (including phenoxy) is 2. The van der Waals surface area contributed by atoms with Gasteiger partial charge in [-0.05, 0) is 13.8 Å². The average molecular weight is 626 g/mol. The van der Waals surface area contributed by atoms with E-state index in [4.69, 9.17) is 4.74 Å². The fraction of sp³-hybridized carbons (Fsp3) is 0.923. The second-order valence-corrected chi connectivity index (χ2v) is 9.68. The number of carbonyl (C=O) groups is 2. The topological polar surface area (TPSA) is 140 Å². The summed E-state index contributed by atoms with van der Waals surface area (Å²) in [6.45, 7) is 21.8. The SMILES string of the molecule is C1CNCCNCCNCCN1.CCOC(=O)CCBr.CCOC(=O)CCN1CCNCCNCCNCC1. The van der Waals surface area contributed by atoms with E-state index < -0.39 is 0 Å². The van der Waals surface area contributed by atoms with E-state index in [0.29, 0.717) is 31.4 Å². The van der Waals surface area contributed by atoms with Crippen LogP contribution in [0.1, 0.15) is 26.7 Å². The Morgan fingerprint density at radius 1 is 0.564 bits per heavy atom. The van der Waals surface area contributed by atoms with Crippen LogP contribution in [0.4, 0.5) is 0 Å². The Kier molecular flexibility index (Phi) is 30.9. The van der Waals surface area contributed by atoms with Crippen LogP contribution in [0.25, 0.3) is 0 Å². The molecule has 0 amide bonds.